The lowest BCUT2D eigenvalue weighted by Crippen LogP contribution is -2.30. The van der Waals surface area contributed by atoms with Crippen LogP contribution in [0, 0.1) is 0 Å². The molecule has 0 unspecified atom stereocenters. The van der Waals surface area contributed by atoms with Crippen LogP contribution in [0.4, 0.5) is 22.7 Å². The fraction of sp³-hybridized carbons (Fsp3) is 0.222. The largest absolute Gasteiger partial charge is 0.375 e. The van der Waals surface area contributed by atoms with Crippen LogP contribution < -0.4 is 20.9 Å². The van der Waals surface area contributed by atoms with Gasteiger partial charge in [-0.25, -0.2) is 0 Å². The predicted molar refractivity (Wildman–Crippen MR) is 142 cm³/mol. The Kier molecular flexibility index (Phi) is 9.26. The van der Waals surface area contributed by atoms with E-state index >= 15 is 0 Å². The van der Waals surface area contributed by atoms with E-state index in [1.165, 1.54) is 0 Å². The van der Waals surface area contributed by atoms with Crippen LogP contribution >= 0.6 is 11.6 Å². The highest BCUT2D eigenvalue weighted by molar-refractivity contribution is 6.33. The van der Waals surface area contributed by atoms with Gasteiger partial charge < -0.3 is 20.9 Å². The molecule has 0 aliphatic carbocycles. The fourth-order valence-electron chi connectivity index (χ4n) is 3.51. The molecule has 8 heteroatoms. The van der Waals surface area contributed by atoms with Crippen molar-refractivity contribution >= 4 is 52.1 Å². The van der Waals surface area contributed by atoms with Crippen molar-refractivity contribution in [2.75, 3.05) is 33.9 Å². The Labute approximate surface area is 210 Å². The van der Waals surface area contributed by atoms with Gasteiger partial charge in [0.25, 0.3) is 5.91 Å². The maximum Gasteiger partial charge on any atom is 0.258 e. The Hall–Kier alpha value is -3.84. The standard InChI is InChI=1S/C27H29ClN4O3/c1-3-9-25(33)30-21-14-15-23(28)24(17-21)29-18-26(34)31-20-11-8-10-19(16-20)27(35)32(4-2)22-12-6-5-7-13-22/h5-8,10-17,29H,3-4,9,18H2,1-2H3,(H,30,33)(H,31,34). The molecule has 0 bridgehead atoms. The van der Waals surface area contributed by atoms with Crippen LogP contribution in [0.1, 0.15) is 37.0 Å². The molecular weight excluding hydrogens is 464 g/mol. The maximum absolute atomic E-state index is 13.1. The second kappa shape index (κ2) is 12.6. The number of nitrogens with zero attached hydrogens (tertiary/aromatic N) is 1. The summed E-state index contributed by atoms with van der Waals surface area (Å²) in [5.41, 5.74) is 2.92. The number of amides is 3. The van der Waals surface area contributed by atoms with E-state index in [0.29, 0.717) is 40.6 Å². The molecule has 3 amide bonds. The van der Waals surface area contributed by atoms with Gasteiger partial charge in [0.1, 0.15) is 0 Å². The van der Waals surface area contributed by atoms with E-state index in [9.17, 15) is 14.4 Å². The molecule has 3 rings (SSSR count). The zero-order valence-electron chi connectivity index (χ0n) is 19.8. The van der Waals surface area contributed by atoms with E-state index in [0.717, 1.165) is 12.1 Å². The summed E-state index contributed by atoms with van der Waals surface area (Å²) in [5.74, 6) is -0.537. The van der Waals surface area contributed by atoms with Gasteiger partial charge in [-0.05, 0) is 61.9 Å². The van der Waals surface area contributed by atoms with Crippen molar-refractivity contribution in [2.24, 2.45) is 0 Å². The summed E-state index contributed by atoms with van der Waals surface area (Å²) < 4.78 is 0. The topological polar surface area (TPSA) is 90.5 Å². The Balaban J connectivity index is 1.63. The summed E-state index contributed by atoms with van der Waals surface area (Å²) in [6.45, 7) is 4.32. The first kappa shape index (κ1) is 25.8. The lowest BCUT2D eigenvalue weighted by molar-refractivity contribution is -0.116. The smallest absolute Gasteiger partial charge is 0.258 e. The molecule has 0 aromatic heterocycles. The summed E-state index contributed by atoms with van der Waals surface area (Å²) >= 11 is 6.24. The van der Waals surface area contributed by atoms with Crippen molar-refractivity contribution < 1.29 is 14.4 Å². The van der Waals surface area contributed by atoms with Crippen LogP contribution in [-0.4, -0.2) is 30.8 Å². The molecule has 0 atom stereocenters. The number of carbonyl (C=O) groups excluding carboxylic acids is 3. The molecule has 3 N–H and O–H groups in total. The fourth-order valence-corrected chi connectivity index (χ4v) is 3.69. The molecule has 0 radical (unpaired) electrons. The van der Waals surface area contributed by atoms with Crippen molar-refractivity contribution in [1.29, 1.82) is 0 Å². The zero-order chi connectivity index (χ0) is 25.2. The van der Waals surface area contributed by atoms with E-state index in [-0.39, 0.29) is 24.3 Å². The second-order valence-corrected chi connectivity index (χ2v) is 8.27. The Morgan fingerprint density at radius 1 is 0.829 bits per heavy atom. The van der Waals surface area contributed by atoms with Gasteiger partial charge in [0.15, 0.2) is 0 Å². The Morgan fingerprint density at radius 3 is 2.26 bits per heavy atom. The summed E-state index contributed by atoms with van der Waals surface area (Å²) in [4.78, 5) is 39.1. The zero-order valence-corrected chi connectivity index (χ0v) is 20.6. The minimum absolute atomic E-state index is 0.0463. The molecule has 3 aromatic rings. The second-order valence-electron chi connectivity index (χ2n) is 7.86. The highest BCUT2D eigenvalue weighted by Gasteiger charge is 2.16. The third kappa shape index (κ3) is 7.32. The van der Waals surface area contributed by atoms with Gasteiger partial charge >= 0.3 is 0 Å². The molecule has 7 nitrogen and oxygen atoms in total. The minimum Gasteiger partial charge on any atom is -0.375 e. The van der Waals surface area contributed by atoms with Crippen LogP contribution in [-0.2, 0) is 9.59 Å². The molecule has 182 valence electrons. The highest BCUT2D eigenvalue weighted by atomic mass is 35.5. The molecule has 3 aromatic carbocycles. The first-order valence-electron chi connectivity index (χ1n) is 11.5. The number of benzene rings is 3. The quantitative estimate of drug-likeness (QED) is 0.334. The Bertz CT molecular complexity index is 1180. The normalized spacial score (nSPS) is 10.4. The number of para-hydroxylation sites is 1. The van der Waals surface area contributed by atoms with Crippen molar-refractivity contribution in [3.8, 4) is 0 Å². The van der Waals surface area contributed by atoms with Crippen LogP contribution in [0.25, 0.3) is 0 Å². The van der Waals surface area contributed by atoms with Crippen molar-refractivity contribution in [3.05, 3.63) is 83.4 Å². The van der Waals surface area contributed by atoms with Gasteiger partial charge in [-0.15, -0.1) is 0 Å². The average molecular weight is 493 g/mol. The van der Waals surface area contributed by atoms with E-state index in [4.69, 9.17) is 11.6 Å². The van der Waals surface area contributed by atoms with E-state index in [2.05, 4.69) is 16.0 Å². The average Bonchev–Trinajstić information content (AvgIpc) is 2.85. The molecular formula is C27H29ClN4O3. The van der Waals surface area contributed by atoms with Gasteiger partial charge in [0.05, 0.1) is 17.3 Å². The molecule has 0 heterocycles. The van der Waals surface area contributed by atoms with Gasteiger partial charge in [0.2, 0.25) is 11.8 Å². The lowest BCUT2D eigenvalue weighted by atomic mass is 10.1. The molecule has 0 aliphatic rings. The molecule has 0 aliphatic heterocycles. The third-order valence-electron chi connectivity index (χ3n) is 5.19. The molecule has 0 saturated heterocycles. The highest BCUT2D eigenvalue weighted by Crippen LogP contribution is 2.26. The molecule has 0 spiro atoms. The SMILES string of the molecule is CCCC(=O)Nc1ccc(Cl)c(NCC(=O)Nc2cccc(C(=O)N(CC)c3ccccc3)c2)c1. The van der Waals surface area contributed by atoms with Crippen molar-refractivity contribution in [3.63, 3.8) is 0 Å². The molecule has 0 saturated carbocycles. The first-order valence-corrected chi connectivity index (χ1v) is 11.9. The summed E-state index contributed by atoms with van der Waals surface area (Å²) in [6, 6.07) is 21.3. The number of hydrogen-bond acceptors (Lipinski definition) is 4. The number of carbonyl (C=O) groups is 3. The number of nitrogens with one attached hydrogen (secondary N) is 3. The number of anilines is 4. The monoisotopic (exact) mass is 492 g/mol. The third-order valence-corrected chi connectivity index (χ3v) is 5.52. The van der Waals surface area contributed by atoms with Crippen molar-refractivity contribution in [1.82, 2.24) is 0 Å². The lowest BCUT2D eigenvalue weighted by Gasteiger charge is -2.21. The number of halogens is 1. The maximum atomic E-state index is 13.1. The van der Waals surface area contributed by atoms with Crippen LogP contribution in [0.2, 0.25) is 5.02 Å². The first-order chi connectivity index (χ1) is 16.9. The van der Waals surface area contributed by atoms with Gasteiger partial charge in [-0.1, -0.05) is 42.8 Å². The van der Waals surface area contributed by atoms with Gasteiger partial charge in [-0.2, -0.15) is 0 Å². The molecule has 0 fully saturated rings. The molecule has 35 heavy (non-hydrogen) atoms. The minimum atomic E-state index is -0.304. The van der Waals surface area contributed by atoms with E-state index in [1.807, 2.05) is 44.2 Å². The summed E-state index contributed by atoms with van der Waals surface area (Å²) in [6.07, 6.45) is 1.18. The van der Waals surface area contributed by atoms with Crippen molar-refractivity contribution in [2.45, 2.75) is 26.7 Å². The predicted octanol–water partition coefficient (Wildman–Crippen LogP) is 5.80. The van der Waals surface area contributed by atoms with Gasteiger partial charge in [-0.3, -0.25) is 14.4 Å². The van der Waals surface area contributed by atoms with Crippen LogP contribution in [0.15, 0.2) is 72.8 Å². The summed E-state index contributed by atoms with van der Waals surface area (Å²) in [7, 11) is 0. The Morgan fingerprint density at radius 2 is 1.54 bits per heavy atom. The van der Waals surface area contributed by atoms with Crippen LogP contribution in [0.5, 0.6) is 0 Å². The van der Waals surface area contributed by atoms with Crippen LogP contribution in [0.3, 0.4) is 0 Å². The van der Waals surface area contributed by atoms with E-state index < -0.39 is 0 Å². The van der Waals surface area contributed by atoms with Gasteiger partial charge in [0, 0.05) is 35.6 Å². The number of rotatable bonds is 10. The van der Waals surface area contributed by atoms with E-state index in [1.54, 1.807) is 47.4 Å². The number of hydrogen-bond donors (Lipinski definition) is 3. The summed E-state index contributed by atoms with van der Waals surface area (Å²) in [5, 5.41) is 9.03.